The van der Waals surface area contributed by atoms with Gasteiger partial charge in [-0.05, 0) is 43.7 Å². The molecule has 0 spiro atoms. The minimum Gasteiger partial charge on any atom is -0.338 e. The summed E-state index contributed by atoms with van der Waals surface area (Å²) in [5.41, 5.74) is 1.05. The molecule has 1 N–H and O–H groups in total. The van der Waals surface area contributed by atoms with Gasteiger partial charge in [0.2, 0.25) is 10.0 Å². The van der Waals surface area contributed by atoms with Crippen LogP contribution in [0.4, 0.5) is 0 Å². The molecule has 4 rings (SSSR count). The first-order chi connectivity index (χ1) is 13.9. The molecule has 160 valence electrons. The van der Waals surface area contributed by atoms with Crippen LogP contribution in [-0.4, -0.2) is 69.3 Å². The fraction of sp³-hybridized carbons (Fsp3) is 0.682. The first kappa shape index (κ1) is 20.8. The maximum Gasteiger partial charge on any atom is 0.277 e. The third-order valence-corrected chi connectivity index (χ3v) is 9.05. The second-order valence-electron chi connectivity index (χ2n) is 9.08. The van der Waals surface area contributed by atoms with Crippen LogP contribution in [-0.2, 0) is 14.8 Å². The number of carbonyl (C=O) groups excluding carboxylic acids is 1. The highest BCUT2D eigenvalue weighted by molar-refractivity contribution is 7.89. The second-order valence-corrected chi connectivity index (χ2v) is 11.0. The topological polar surface area (TPSA) is 62.1 Å². The molecule has 2 heterocycles. The lowest BCUT2D eigenvalue weighted by atomic mass is 9.75. The molecule has 1 amide bonds. The van der Waals surface area contributed by atoms with E-state index in [1.54, 1.807) is 16.4 Å². The normalized spacial score (nSPS) is 26.9. The summed E-state index contributed by atoms with van der Waals surface area (Å²) < 4.78 is 27.3. The zero-order valence-corrected chi connectivity index (χ0v) is 18.3. The molecule has 1 aromatic rings. The van der Waals surface area contributed by atoms with Crippen LogP contribution in [0.3, 0.4) is 0 Å². The lowest BCUT2D eigenvalue weighted by Crippen LogP contribution is -3.15. The summed E-state index contributed by atoms with van der Waals surface area (Å²) in [6.45, 7) is 6.62. The molecule has 2 saturated heterocycles. The molecule has 3 fully saturated rings. The second kappa shape index (κ2) is 8.74. The van der Waals surface area contributed by atoms with Crippen molar-refractivity contribution in [2.45, 2.75) is 43.9 Å². The number of nitrogens with zero attached hydrogens (tertiary/aromatic N) is 2. The summed E-state index contributed by atoms with van der Waals surface area (Å²) in [6.07, 6.45) is 6.45. The molecule has 7 heteroatoms. The van der Waals surface area contributed by atoms with E-state index in [1.807, 2.05) is 19.1 Å². The molecular formula is C22H34N3O3S+. The third kappa shape index (κ3) is 4.67. The van der Waals surface area contributed by atoms with Gasteiger partial charge in [0.1, 0.15) is 0 Å². The highest BCUT2D eigenvalue weighted by atomic mass is 32.2. The largest absolute Gasteiger partial charge is 0.338 e. The van der Waals surface area contributed by atoms with Gasteiger partial charge in [0, 0.05) is 13.1 Å². The smallest absolute Gasteiger partial charge is 0.277 e. The lowest BCUT2D eigenvalue weighted by molar-refractivity contribution is -0.896. The molecule has 0 radical (unpaired) electrons. The molecule has 3 aliphatic rings. The summed E-state index contributed by atoms with van der Waals surface area (Å²) in [7, 11) is -3.44. The minimum atomic E-state index is -3.44. The molecule has 1 saturated carbocycles. The summed E-state index contributed by atoms with van der Waals surface area (Å²) >= 11 is 0. The number of amides is 1. The van der Waals surface area contributed by atoms with Crippen molar-refractivity contribution in [2.24, 2.45) is 11.8 Å². The monoisotopic (exact) mass is 420 g/mol. The molecular weight excluding hydrogens is 386 g/mol. The van der Waals surface area contributed by atoms with Gasteiger partial charge >= 0.3 is 0 Å². The molecule has 1 aromatic carbocycles. The van der Waals surface area contributed by atoms with E-state index in [-0.39, 0.29) is 5.91 Å². The van der Waals surface area contributed by atoms with E-state index in [9.17, 15) is 13.2 Å². The van der Waals surface area contributed by atoms with E-state index in [4.69, 9.17) is 0 Å². The van der Waals surface area contributed by atoms with Crippen molar-refractivity contribution in [3.05, 3.63) is 29.8 Å². The number of likely N-dealkylation sites (tertiary alicyclic amines) is 1. The van der Waals surface area contributed by atoms with Gasteiger partial charge in [-0.15, -0.1) is 0 Å². The predicted octanol–water partition coefficient (Wildman–Crippen LogP) is 0.923. The third-order valence-electron chi connectivity index (χ3n) is 7.13. The lowest BCUT2D eigenvalue weighted by Gasteiger charge is -2.41. The van der Waals surface area contributed by atoms with E-state index in [1.165, 1.54) is 30.6 Å². The van der Waals surface area contributed by atoms with Crippen molar-refractivity contribution in [1.29, 1.82) is 0 Å². The number of nitrogens with one attached hydrogen (secondary N) is 1. The van der Waals surface area contributed by atoms with Crippen molar-refractivity contribution < 1.29 is 18.1 Å². The number of hydrogen-bond acceptors (Lipinski definition) is 3. The number of piperidine rings is 1. The Labute approximate surface area is 174 Å². The van der Waals surface area contributed by atoms with Gasteiger partial charge in [-0.2, -0.15) is 4.31 Å². The van der Waals surface area contributed by atoms with Crippen molar-refractivity contribution in [1.82, 2.24) is 9.21 Å². The zero-order chi connectivity index (χ0) is 20.4. The van der Waals surface area contributed by atoms with Crippen molar-refractivity contribution >= 4 is 15.9 Å². The van der Waals surface area contributed by atoms with Gasteiger partial charge in [0.05, 0.1) is 31.1 Å². The van der Waals surface area contributed by atoms with Crippen molar-refractivity contribution in [3.8, 4) is 0 Å². The fourth-order valence-corrected chi connectivity index (χ4v) is 6.67. The Hall–Kier alpha value is -1.44. The standard InChI is InChI=1S/C22H33N3O3S/c1-18-6-8-21(9-7-18)29(27,28)25-14-12-23(13-15-25)17-22(26)24-11-10-19-4-2-3-5-20(19)16-24/h6-9,19-20H,2-5,10-17H2,1H3/p+1/t19-,20+/m1/s1. The Kier molecular flexibility index (Phi) is 6.27. The number of quaternary nitrogens is 1. The van der Waals surface area contributed by atoms with Gasteiger partial charge in [0.15, 0.2) is 6.54 Å². The number of rotatable bonds is 4. The first-order valence-electron chi connectivity index (χ1n) is 11.1. The van der Waals surface area contributed by atoms with Crippen LogP contribution in [0.5, 0.6) is 0 Å². The molecule has 0 aromatic heterocycles. The average Bonchev–Trinajstić information content (AvgIpc) is 2.74. The first-order valence-corrected chi connectivity index (χ1v) is 12.6. The van der Waals surface area contributed by atoms with E-state index < -0.39 is 10.0 Å². The van der Waals surface area contributed by atoms with Crippen LogP contribution >= 0.6 is 0 Å². The summed E-state index contributed by atoms with van der Waals surface area (Å²) in [5, 5.41) is 0. The number of fused-ring (bicyclic) bond motifs is 1. The minimum absolute atomic E-state index is 0.249. The van der Waals surface area contributed by atoms with E-state index >= 15 is 0 Å². The number of piperazine rings is 1. The molecule has 29 heavy (non-hydrogen) atoms. The van der Waals surface area contributed by atoms with Crippen LogP contribution in [0.1, 0.15) is 37.7 Å². The van der Waals surface area contributed by atoms with Crippen LogP contribution in [0.25, 0.3) is 0 Å². The Morgan fingerprint density at radius 1 is 1.00 bits per heavy atom. The van der Waals surface area contributed by atoms with Crippen LogP contribution in [0.15, 0.2) is 29.2 Å². The number of benzene rings is 1. The van der Waals surface area contributed by atoms with E-state index in [2.05, 4.69) is 4.90 Å². The highest BCUT2D eigenvalue weighted by Gasteiger charge is 2.35. The number of hydrogen-bond donors (Lipinski definition) is 1. The Balaban J connectivity index is 1.28. The average molecular weight is 421 g/mol. The van der Waals surface area contributed by atoms with Crippen molar-refractivity contribution in [2.75, 3.05) is 45.8 Å². The quantitative estimate of drug-likeness (QED) is 0.788. The van der Waals surface area contributed by atoms with Crippen molar-refractivity contribution in [3.63, 3.8) is 0 Å². The molecule has 2 aliphatic heterocycles. The van der Waals surface area contributed by atoms with Gasteiger partial charge in [-0.1, -0.05) is 37.0 Å². The van der Waals surface area contributed by atoms with Gasteiger partial charge < -0.3 is 9.80 Å². The molecule has 0 bridgehead atoms. The summed E-state index contributed by atoms with van der Waals surface area (Å²) in [4.78, 5) is 16.5. The highest BCUT2D eigenvalue weighted by Crippen LogP contribution is 2.35. The summed E-state index contributed by atoms with van der Waals surface area (Å²) in [6, 6.07) is 7.04. The number of sulfonamides is 1. The molecule has 0 unspecified atom stereocenters. The molecule has 6 nitrogen and oxygen atoms in total. The Morgan fingerprint density at radius 3 is 2.34 bits per heavy atom. The zero-order valence-electron chi connectivity index (χ0n) is 17.5. The van der Waals surface area contributed by atoms with Gasteiger partial charge in [-0.25, -0.2) is 8.42 Å². The van der Waals surface area contributed by atoms with Crippen LogP contribution in [0, 0.1) is 18.8 Å². The number of aryl methyl sites for hydroxylation is 1. The van der Waals surface area contributed by atoms with Crippen LogP contribution in [0.2, 0.25) is 0 Å². The number of carbonyl (C=O) groups is 1. The fourth-order valence-electron chi connectivity index (χ4n) is 5.23. The van der Waals surface area contributed by atoms with E-state index in [0.717, 1.165) is 31.0 Å². The Morgan fingerprint density at radius 2 is 1.66 bits per heavy atom. The maximum atomic E-state index is 12.9. The van der Waals surface area contributed by atoms with Gasteiger partial charge in [-0.3, -0.25) is 4.79 Å². The van der Waals surface area contributed by atoms with E-state index in [0.29, 0.717) is 43.5 Å². The predicted molar refractivity (Wildman–Crippen MR) is 112 cm³/mol. The maximum absolute atomic E-state index is 12.9. The van der Waals surface area contributed by atoms with Gasteiger partial charge in [0.25, 0.3) is 5.91 Å². The molecule has 2 atom stereocenters. The SMILES string of the molecule is Cc1ccc(S(=O)(=O)N2CC[NH+](CC(=O)N3CC[C@H]4CCCC[C@H]4C3)CC2)cc1. The summed E-state index contributed by atoms with van der Waals surface area (Å²) in [5.74, 6) is 1.78. The Bertz CT molecular complexity index is 816. The molecule has 1 aliphatic carbocycles. The van der Waals surface area contributed by atoms with Crippen LogP contribution < -0.4 is 4.90 Å².